The number of aliphatic hydroxyl groups is 1. The molecule has 0 aliphatic carbocycles. The molecule has 3 saturated heterocycles. The zero-order valence-corrected chi connectivity index (χ0v) is 29.4. The van der Waals surface area contributed by atoms with Gasteiger partial charge in [-0.25, -0.2) is 15.0 Å². The summed E-state index contributed by atoms with van der Waals surface area (Å²) in [6.45, 7) is 4.54. The second-order valence-electron chi connectivity index (χ2n) is 14.5. The van der Waals surface area contributed by atoms with Crippen molar-refractivity contribution in [3.8, 4) is 6.07 Å². The highest BCUT2D eigenvalue weighted by Gasteiger charge is 2.41. The average Bonchev–Trinajstić information content (AvgIpc) is 3.51. The number of nitriles is 1. The smallest absolute Gasteiger partial charge is 0.255 e. The highest BCUT2D eigenvalue weighted by Crippen LogP contribution is 2.37. The minimum absolute atomic E-state index is 0.204. The quantitative estimate of drug-likeness (QED) is 0.225. The molecule has 6 heterocycles. The van der Waals surface area contributed by atoms with Crippen LogP contribution in [0.5, 0.6) is 0 Å². The summed E-state index contributed by atoms with van der Waals surface area (Å²) < 4.78 is 0. The van der Waals surface area contributed by atoms with Crippen LogP contribution in [-0.2, 0) is 28.3 Å². The van der Waals surface area contributed by atoms with E-state index in [1.807, 2.05) is 30.5 Å². The number of rotatable bonds is 8. The van der Waals surface area contributed by atoms with Gasteiger partial charge < -0.3 is 20.2 Å². The van der Waals surface area contributed by atoms with Gasteiger partial charge in [-0.15, -0.1) is 0 Å². The molecule has 13 nitrogen and oxygen atoms in total. The molecule has 2 aromatic heterocycles. The summed E-state index contributed by atoms with van der Waals surface area (Å²) in [7, 11) is 0. The number of pyridine rings is 1. The molecule has 270 valence electrons. The third-order valence-electron chi connectivity index (χ3n) is 11.2. The number of benzene rings is 2. The topological polar surface area (TPSA) is 168 Å². The molecule has 0 spiro atoms. The van der Waals surface area contributed by atoms with Crippen molar-refractivity contribution in [3.63, 3.8) is 0 Å². The predicted octanol–water partition coefficient (Wildman–Crippen LogP) is 4.12. The van der Waals surface area contributed by atoms with Crippen molar-refractivity contribution in [2.75, 3.05) is 36.4 Å². The highest BCUT2D eigenvalue weighted by molar-refractivity contribution is 6.05. The summed E-state index contributed by atoms with van der Waals surface area (Å²) in [5.74, 6) is 0.496. The Morgan fingerprint density at radius 1 is 0.943 bits per heavy atom. The molecule has 0 bridgehead atoms. The highest BCUT2D eigenvalue weighted by atomic mass is 16.3. The number of aromatic nitrogens is 3. The van der Waals surface area contributed by atoms with E-state index in [2.05, 4.69) is 65.7 Å². The second kappa shape index (κ2) is 14.4. The average molecular weight is 712 g/mol. The van der Waals surface area contributed by atoms with Crippen LogP contribution >= 0.6 is 0 Å². The maximum atomic E-state index is 13.1. The van der Waals surface area contributed by atoms with E-state index in [1.54, 1.807) is 23.2 Å². The molecule has 0 radical (unpaired) electrons. The standard InChI is InChI=1S/C40H41N9O4/c41-22-31-11-16-42-39(44-31)45-35-9-3-28(23-43-35)27-12-17-48(18-13-27)32-5-1-26(2-6-32)24-47-19-14-40(53,15-20-47)30-4-7-33-29(21-30)25-49(38(33)52)34-8-10-36(50)46-37(34)51/h1-7,9,11,16,21,23,27,34,53H,8,10,12-15,17-20,24-25H2,(H,46,50,51)(H,42,43,44,45). The van der Waals surface area contributed by atoms with E-state index < -0.39 is 17.6 Å². The van der Waals surface area contributed by atoms with Gasteiger partial charge in [-0.05, 0) is 90.6 Å². The summed E-state index contributed by atoms with van der Waals surface area (Å²) in [5, 5.41) is 26.2. The van der Waals surface area contributed by atoms with Crippen LogP contribution in [0.1, 0.15) is 82.7 Å². The Morgan fingerprint density at radius 3 is 2.45 bits per heavy atom. The Bertz CT molecular complexity index is 2070. The molecule has 13 heteroatoms. The molecule has 4 aliphatic heterocycles. The molecular formula is C40H41N9O4. The van der Waals surface area contributed by atoms with Gasteiger partial charge in [0.2, 0.25) is 17.8 Å². The zero-order valence-electron chi connectivity index (χ0n) is 29.4. The number of fused-ring (bicyclic) bond motifs is 1. The Morgan fingerprint density at radius 2 is 1.74 bits per heavy atom. The fourth-order valence-corrected chi connectivity index (χ4v) is 8.09. The van der Waals surface area contributed by atoms with Crippen LogP contribution in [0.15, 0.2) is 73.1 Å². The summed E-state index contributed by atoms with van der Waals surface area (Å²) in [4.78, 5) is 56.4. The van der Waals surface area contributed by atoms with Crippen LogP contribution < -0.4 is 15.5 Å². The van der Waals surface area contributed by atoms with E-state index >= 15 is 0 Å². The third kappa shape index (κ3) is 7.20. The van der Waals surface area contributed by atoms with Crippen LogP contribution in [0.25, 0.3) is 0 Å². The first-order valence-electron chi connectivity index (χ1n) is 18.3. The normalized spacial score (nSPS) is 20.5. The number of carbonyl (C=O) groups excluding carboxylic acids is 3. The minimum atomic E-state index is -0.984. The molecule has 53 heavy (non-hydrogen) atoms. The van der Waals surface area contributed by atoms with Gasteiger partial charge in [0.05, 0.1) is 5.60 Å². The van der Waals surface area contributed by atoms with Gasteiger partial charge >= 0.3 is 0 Å². The lowest BCUT2D eigenvalue weighted by molar-refractivity contribution is -0.136. The number of anilines is 3. The molecule has 1 atom stereocenters. The Labute approximate surface area is 307 Å². The number of nitrogens with zero attached hydrogens (tertiary/aromatic N) is 7. The molecule has 3 N–H and O–H groups in total. The van der Waals surface area contributed by atoms with E-state index in [0.29, 0.717) is 54.7 Å². The van der Waals surface area contributed by atoms with Gasteiger partial charge in [0.25, 0.3) is 5.91 Å². The van der Waals surface area contributed by atoms with Crippen LogP contribution in [-0.4, -0.2) is 79.8 Å². The Balaban J connectivity index is 0.809. The summed E-state index contributed by atoms with van der Waals surface area (Å²) >= 11 is 0. The van der Waals surface area contributed by atoms with Crippen molar-refractivity contribution in [1.29, 1.82) is 5.26 Å². The number of hydrogen-bond donors (Lipinski definition) is 3. The number of amides is 3. The second-order valence-corrected chi connectivity index (χ2v) is 14.5. The molecule has 2 aromatic carbocycles. The van der Waals surface area contributed by atoms with E-state index in [4.69, 9.17) is 5.26 Å². The molecule has 3 amide bonds. The van der Waals surface area contributed by atoms with E-state index in [-0.39, 0.29) is 18.2 Å². The van der Waals surface area contributed by atoms with Gasteiger partial charge in [0.15, 0.2) is 0 Å². The van der Waals surface area contributed by atoms with Crippen LogP contribution in [0.3, 0.4) is 0 Å². The molecule has 4 aromatic rings. The van der Waals surface area contributed by atoms with Crippen molar-refractivity contribution in [3.05, 3.63) is 107 Å². The lowest BCUT2D eigenvalue weighted by atomic mass is 9.83. The number of imide groups is 1. The summed E-state index contributed by atoms with van der Waals surface area (Å²) in [5.41, 5.74) is 5.17. The maximum Gasteiger partial charge on any atom is 0.255 e. The van der Waals surface area contributed by atoms with Gasteiger partial charge in [0.1, 0.15) is 23.6 Å². The first kappa shape index (κ1) is 34.4. The summed E-state index contributed by atoms with van der Waals surface area (Å²) in [6, 6.07) is 21.4. The first-order valence-corrected chi connectivity index (χ1v) is 18.3. The predicted molar refractivity (Wildman–Crippen MR) is 196 cm³/mol. The van der Waals surface area contributed by atoms with Gasteiger partial charge in [-0.3, -0.25) is 24.6 Å². The Kier molecular flexibility index (Phi) is 9.32. The van der Waals surface area contributed by atoms with Gasteiger partial charge in [-0.2, -0.15) is 5.26 Å². The third-order valence-corrected chi connectivity index (χ3v) is 11.2. The maximum absolute atomic E-state index is 13.1. The summed E-state index contributed by atoms with van der Waals surface area (Å²) in [6.07, 6.45) is 7.26. The molecule has 0 saturated carbocycles. The molecular weight excluding hydrogens is 670 g/mol. The number of hydrogen-bond acceptors (Lipinski definition) is 11. The largest absolute Gasteiger partial charge is 0.385 e. The zero-order chi connectivity index (χ0) is 36.5. The van der Waals surface area contributed by atoms with Crippen LogP contribution in [0.4, 0.5) is 17.5 Å². The number of piperidine rings is 3. The van der Waals surface area contributed by atoms with Gasteiger partial charge in [0, 0.05) is 69.3 Å². The van der Waals surface area contributed by atoms with Crippen molar-refractivity contribution >= 4 is 35.2 Å². The number of carbonyl (C=O) groups is 3. The van der Waals surface area contributed by atoms with E-state index in [9.17, 15) is 19.5 Å². The molecule has 4 aliphatic rings. The number of nitrogens with one attached hydrogen (secondary N) is 2. The van der Waals surface area contributed by atoms with E-state index in [0.717, 1.165) is 56.7 Å². The lowest BCUT2D eigenvalue weighted by Crippen LogP contribution is -2.52. The Hall–Kier alpha value is -5.71. The van der Waals surface area contributed by atoms with Gasteiger partial charge in [-0.1, -0.05) is 30.3 Å². The van der Waals surface area contributed by atoms with E-state index in [1.165, 1.54) is 16.8 Å². The van der Waals surface area contributed by atoms with Crippen LogP contribution in [0.2, 0.25) is 0 Å². The molecule has 1 unspecified atom stereocenters. The SMILES string of the molecule is N#Cc1ccnc(Nc2ccc(C3CCN(c4ccc(CN5CCC(O)(c6ccc7c(c6)CN(C6CCC(=O)NC6=O)C7=O)CC5)cc4)CC3)cn2)n1. The van der Waals surface area contributed by atoms with Crippen molar-refractivity contribution in [2.45, 2.75) is 69.2 Å². The first-order chi connectivity index (χ1) is 25.7. The fraction of sp³-hybridized carbons (Fsp3) is 0.375. The monoisotopic (exact) mass is 711 g/mol. The lowest BCUT2D eigenvalue weighted by Gasteiger charge is -2.39. The molecule has 3 fully saturated rings. The van der Waals surface area contributed by atoms with Crippen LogP contribution in [0, 0.1) is 11.3 Å². The molecule has 8 rings (SSSR count). The fourth-order valence-electron chi connectivity index (χ4n) is 8.09. The van der Waals surface area contributed by atoms with Crippen molar-refractivity contribution in [2.24, 2.45) is 0 Å². The minimum Gasteiger partial charge on any atom is -0.385 e. The van der Waals surface area contributed by atoms with Crippen molar-refractivity contribution < 1.29 is 19.5 Å². The van der Waals surface area contributed by atoms with Crippen molar-refractivity contribution in [1.82, 2.24) is 30.1 Å². The number of likely N-dealkylation sites (tertiary alicyclic amines) is 1.